The third-order valence-electron chi connectivity index (χ3n) is 2.20. The lowest BCUT2D eigenvalue weighted by Crippen LogP contribution is -2.05. The van der Waals surface area contributed by atoms with Crippen LogP contribution in [0.25, 0.3) is 6.08 Å². The second-order valence-corrected chi connectivity index (χ2v) is 3.72. The molecular weight excluding hydrogens is 220 g/mol. The molecule has 0 saturated heterocycles. The van der Waals surface area contributed by atoms with Crippen molar-refractivity contribution in [1.29, 1.82) is 0 Å². The molecule has 0 spiro atoms. The average molecular weight is 234 g/mol. The number of hydrogen-bond donors (Lipinski definition) is 1. The zero-order chi connectivity index (χ0) is 13.0. The van der Waals surface area contributed by atoms with E-state index in [1.807, 2.05) is 0 Å². The quantitative estimate of drug-likeness (QED) is 0.495. The molecule has 0 atom stereocenters. The number of carbonyl (C=O) groups is 2. The molecule has 1 rings (SSSR count). The number of esters is 1. The van der Waals surface area contributed by atoms with E-state index in [0.717, 1.165) is 5.56 Å². The number of rotatable bonds is 3. The first-order valence-electron chi connectivity index (χ1n) is 5.11. The molecule has 0 fully saturated rings. The number of carboxylic acids is 1. The molecule has 0 aromatic heterocycles. The lowest BCUT2D eigenvalue weighted by molar-refractivity contribution is -0.133. The summed E-state index contributed by atoms with van der Waals surface area (Å²) in [4.78, 5) is 21.7. The van der Waals surface area contributed by atoms with Crippen LogP contribution in [-0.2, 0) is 9.59 Å². The highest BCUT2D eigenvalue weighted by Gasteiger charge is 2.09. The van der Waals surface area contributed by atoms with Gasteiger partial charge in [-0.1, -0.05) is 18.2 Å². The number of para-hydroxylation sites is 1. The summed E-state index contributed by atoms with van der Waals surface area (Å²) in [6, 6.07) is 5.28. The third-order valence-corrected chi connectivity index (χ3v) is 2.20. The van der Waals surface area contributed by atoms with Gasteiger partial charge in [-0.3, -0.25) is 4.79 Å². The molecule has 0 aliphatic rings. The summed E-state index contributed by atoms with van der Waals surface area (Å²) in [5.41, 5.74) is 1.55. The molecule has 0 unspecified atom stereocenters. The van der Waals surface area contributed by atoms with Crippen molar-refractivity contribution in [3.05, 3.63) is 34.9 Å². The zero-order valence-corrected chi connectivity index (χ0v) is 9.98. The summed E-state index contributed by atoms with van der Waals surface area (Å²) in [7, 11) is 0. The van der Waals surface area contributed by atoms with Crippen molar-refractivity contribution in [2.24, 2.45) is 0 Å². The normalized spacial score (nSPS) is 11.1. The Morgan fingerprint density at radius 3 is 2.47 bits per heavy atom. The molecule has 1 aromatic rings. The number of aliphatic carboxylic acids is 1. The van der Waals surface area contributed by atoms with Gasteiger partial charge in [0.25, 0.3) is 0 Å². The Kier molecular flexibility index (Phi) is 4.04. The molecular formula is C13H14O4. The first-order chi connectivity index (χ1) is 7.91. The molecule has 17 heavy (non-hydrogen) atoms. The van der Waals surface area contributed by atoms with E-state index in [4.69, 9.17) is 9.84 Å². The Hall–Kier alpha value is -2.10. The van der Waals surface area contributed by atoms with E-state index in [9.17, 15) is 9.59 Å². The second kappa shape index (κ2) is 5.30. The van der Waals surface area contributed by atoms with Crippen LogP contribution in [0.4, 0.5) is 0 Å². The van der Waals surface area contributed by atoms with Crippen molar-refractivity contribution >= 4 is 18.0 Å². The topological polar surface area (TPSA) is 63.6 Å². The number of benzene rings is 1. The lowest BCUT2D eigenvalue weighted by atomic mass is 10.1. The molecule has 1 N–H and O–H groups in total. The van der Waals surface area contributed by atoms with Crippen LogP contribution in [0.3, 0.4) is 0 Å². The van der Waals surface area contributed by atoms with E-state index in [-0.39, 0.29) is 5.57 Å². The molecule has 0 saturated carbocycles. The Labute approximate surface area is 99.5 Å². The van der Waals surface area contributed by atoms with Gasteiger partial charge in [-0.25, -0.2) is 4.79 Å². The molecule has 0 aliphatic heterocycles. The van der Waals surface area contributed by atoms with Crippen LogP contribution in [-0.4, -0.2) is 17.0 Å². The molecule has 0 radical (unpaired) electrons. The van der Waals surface area contributed by atoms with E-state index in [1.54, 1.807) is 25.1 Å². The number of aryl methyl sites for hydroxylation is 1. The first kappa shape index (κ1) is 13.0. The van der Waals surface area contributed by atoms with Crippen LogP contribution in [0.15, 0.2) is 23.8 Å². The lowest BCUT2D eigenvalue weighted by Gasteiger charge is -2.09. The largest absolute Gasteiger partial charge is 0.478 e. The van der Waals surface area contributed by atoms with E-state index >= 15 is 0 Å². The van der Waals surface area contributed by atoms with E-state index in [1.165, 1.54) is 19.9 Å². The van der Waals surface area contributed by atoms with Crippen LogP contribution in [0.1, 0.15) is 25.0 Å². The Morgan fingerprint density at radius 2 is 1.94 bits per heavy atom. The van der Waals surface area contributed by atoms with Crippen LogP contribution in [0.5, 0.6) is 5.75 Å². The molecule has 4 nitrogen and oxygen atoms in total. The van der Waals surface area contributed by atoms with E-state index in [2.05, 4.69) is 0 Å². The fraction of sp³-hybridized carbons (Fsp3) is 0.231. The second-order valence-electron chi connectivity index (χ2n) is 3.72. The third kappa shape index (κ3) is 3.45. The van der Waals surface area contributed by atoms with Crippen LogP contribution < -0.4 is 4.74 Å². The van der Waals surface area contributed by atoms with Gasteiger partial charge in [0, 0.05) is 18.1 Å². The molecule has 0 amide bonds. The smallest absolute Gasteiger partial charge is 0.331 e. The fourth-order valence-electron chi connectivity index (χ4n) is 1.37. The summed E-state index contributed by atoms with van der Waals surface area (Å²) in [5.74, 6) is -1.03. The molecule has 0 aliphatic carbocycles. The molecule has 4 heteroatoms. The standard InChI is InChI=1S/C13H14O4/c1-8-5-4-6-11(7-9(2)13(15)16)12(8)17-10(3)14/h4-7H,1-3H3,(H,15,16). The predicted molar refractivity (Wildman–Crippen MR) is 63.8 cm³/mol. The van der Waals surface area contributed by atoms with E-state index in [0.29, 0.717) is 11.3 Å². The SMILES string of the molecule is CC(=O)Oc1c(C)cccc1C=C(C)C(=O)O. The van der Waals surface area contributed by atoms with Crippen molar-refractivity contribution < 1.29 is 19.4 Å². The van der Waals surface area contributed by atoms with Crippen LogP contribution in [0.2, 0.25) is 0 Å². The average Bonchev–Trinajstić information content (AvgIpc) is 2.22. The van der Waals surface area contributed by atoms with E-state index < -0.39 is 11.9 Å². The maximum Gasteiger partial charge on any atom is 0.331 e. The van der Waals surface area contributed by atoms with Gasteiger partial charge >= 0.3 is 11.9 Å². The summed E-state index contributed by atoms with van der Waals surface area (Å²) in [6.07, 6.45) is 1.48. The number of carbonyl (C=O) groups excluding carboxylic acids is 1. The monoisotopic (exact) mass is 234 g/mol. The van der Waals surface area contributed by atoms with Crippen molar-refractivity contribution in [1.82, 2.24) is 0 Å². The van der Waals surface area contributed by atoms with Gasteiger partial charge in [-0.2, -0.15) is 0 Å². The minimum Gasteiger partial charge on any atom is -0.478 e. The van der Waals surface area contributed by atoms with Gasteiger partial charge in [0.15, 0.2) is 0 Å². The summed E-state index contributed by atoms with van der Waals surface area (Å²) >= 11 is 0. The maximum absolute atomic E-state index is 11.0. The summed E-state index contributed by atoms with van der Waals surface area (Å²) in [5, 5.41) is 8.81. The van der Waals surface area contributed by atoms with Crippen molar-refractivity contribution in [2.45, 2.75) is 20.8 Å². The van der Waals surface area contributed by atoms with Gasteiger partial charge < -0.3 is 9.84 Å². The van der Waals surface area contributed by atoms with Gasteiger partial charge in [0.1, 0.15) is 5.75 Å². The Morgan fingerprint density at radius 1 is 1.29 bits per heavy atom. The Balaban J connectivity index is 3.24. The number of carboxylic acid groups (broad SMARTS) is 1. The highest BCUT2D eigenvalue weighted by atomic mass is 16.5. The fourth-order valence-corrected chi connectivity index (χ4v) is 1.37. The minimum atomic E-state index is -1.000. The molecule has 90 valence electrons. The summed E-state index contributed by atoms with van der Waals surface area (Å²) in [6.45, 7) is 4.60. The van der Waals surface area contributed by atoms with Crippen molar-refractivity contribution in [2.75, 3.05) is 0 Å². The number of ether oxygens (including phenoxy) is 1. The predicted octanol–water partition coefficient (Wildman–Crippen LogP) is 2.41. The maximum atomic E-state index is 11.0. The molecule has 0 bridgehead atoms. The Bertz CT molecular complexity index is 486. The molecule has 0 heterocycles. The van der Waals surface area contributed by atoms with Gasteiger partial charge in [0.05, 0.1) is 0 Å². The highest BCUT2D eigenvalue weighted by Crippen LogP contribution is 2.25. The van der Waals surface area contributed by atoms with Gasteiger partial charge in [-0.05, 0) is 25.5 Å². The zero-order valence-electron chi connectivity index (χ0n) is 9.98. The first-order valence-corrected chi connectivity index (χ1v) is 5.11. The number of hydrogen-bond acceptors (Lipinski definition) is 3. The van der Waals surface area contributed by atoms with Crippen molar-refractivity contribution in [3.8, 4) is 5.75 Å². The van der Waals surface area contributed by atoms with Crippen LogP contribution >= 0.6 is 0 Å². The van der Waals surface area contributed by atoms with Crippen LogP contribution in [0, 0.1) is 6.92 Å². The highest BCUT2D eigenvalue weighted by molar-refractivity contribution is 5.92. The van der Waals surface area contributed by atoms with Gasteiger partial charge in [-0.15, -0.1) is 0 Å². The summed E-state index contributed by atoms with van der Waals surface area (Å²) < 4.78 is 5.08. The molecule has 1 aromatic carbocycles. The van der Waals surface area contributed by atoms with Gasteiger partial charge in [0.2, 0.25) is 0 Å². The van der Waals surface area contributed by atoms with Crippen molar-refractivity contribution in [3.63, 3.8) is 0 Å². The minimum absolute atomic E-state index is 0.184.